The monoisotopic (exact) mass is 282 g/mol. The van der Waals surface area contributed by atoms with Crippen molar-refractivity contribution in [3.63, 3.8) is 0 Å². The van der Waals surface area contributed by atoms with Crippen molar-refractivity contribution in [1.29, 1.82) is 0 Å². The summed E-state index contributed by atoms with van der Waals surface area (Å²) in [6.45, 7) is 3.11. The summed E-state index contributed by atoms with van der Waals surface area (Å²) in [4.78, 5) is 0. The van der Waals surface area contributed by atoms with Crippen LogP contribution in [0.3, 0.4) is 0 Å². The normalized spacial score (nSPS) is 10.2. The molecule has 0 aromatic heterocycles. The molecule has 1 aromatic carbocycles. The van der Waals surface area contributed by atoms with Crippen LogP contribution in [0.5, 0.6) is 0 Å². The molecule has 0 saturated carbocycles. The van der Waals surface area contributed by atoms with Crippen molar-refractivity contribution in [1.82, 2.24) is 5.32 Å². The number of hydrogen-bond acceptors (Lipinski definition) is 1. The van der Waals surface area contributed by atoms with Crippen molar-refractivity contribution in [3.8, 4) is 0 Å². The molecule has 2 nitrogen and oxygen atoms in total. The molecule has 0 unspecified atom stereocenters. The second-order valence-corrected chi connectivity index (χ2v) is 5.06. The number of thiocarbonyl (C=S) groups is 1. The van der Waals surface area contributed by atoms with Crippen LogP contribution < -0.4 is 10.6 Å². The molecule has 0 aliphatic carbocycles. The van der Waals surface area contributed by atoms with Crippen LogP contribution in [0.2, 0.25) is 0 Å². The largest absolute Gasteiger partial charge is 0.362 e. The second kappa shape index (κ2) is 9.73. The predicted octanol–water partition coefficient (Wildman–Crippen LogP) is 4.47. The molecule has 0 atom stereocenters. The maximum atomic E-state index is 12.7. The van der Waals surface area contributed by atoms with E-state index in [0.717, 1.165) is 18.7 Å². The number of nitrogens with one attached hydrogen (secondary N) is 2. The predicted molar refractivity (Wildman–Crippen MR) is 84.0 cm³/mol. The summed E-state index contributed by atoms with van der Waals surface area (Å²) in [5, 5.41) is 6.79. The molecule has 1 aromatic rings. The maximum Gasteiger partial charge on any atom is 0.170 e. The number of rotatable bonds is 8. The zero-order valence-corrected chi connectivity index (χ0v) is 12.4. The minimum Gasteiger partial charge on any atom is -0.362 e. The zero-order valence-electron chi connectivity index (χ0n) is 11.5. The average Bonchev–Trinajstić information content (AvgIpc) is 2.40. The van der Waals surface area contributed by atoms with Gasteiger partial charge in [0.2, 0.25) is 0 Å². The lowest BCUT2D eigenvalue weighted by atomic mass is 10.1. The van der Waals surface area contributed by atoms with E-state index in [1.54, 1.807) is 12.1 Å². The van der Waals surface area contributed by atoms with E-state index in [9.17, 15) is 4.39 Å². The Balaban J connectivity index is 2.06. The van der Waals surface area contributed by atoms with Crippen LogP contribution >= 0.6 is 12.2 Å². The van der Waals surface area contributed by atoms with Gasteiger partial charge < -0.3 is 10.6 Å². The van der Waals surface area contributed by atoms with Crippen molar-refractivity contribution in [2.24, 2.45) is 0 Å². The minimum absolute atomic E-state index is 0.239. The van der Waals surface area contributed by atoms with Gasteiger partial charge in [-0.05, 0) is 42.9 Å². The van der Waals surface area contributed by atoms with Crippen molar-refractivity contribution >= 4 is 23.0 Å². The summed E-state index contributed by atoms with van der Waals surface area (Å²) >= 11 is 5.17. The molecule has 4 heteroatoms. The molecular formula is C15H23FN2S. The van der Waals surface area contributed by atoms with Crippen LogP contribution in [0.15, 0.2) is 24.3 Å². The molecule has 0 heterocycles. The third-order valence-electron chi connectivity index (χ3n) is 2.92. The van der Waals surface area contributed by atoms with Crippen molar-refractivity contribution in [2.45, 2.75) is 45.4 Å². The van der Waals surface area contributed by atoms with E-state index in [-0.39, 0.29) is 5.82 Å². The lowest BCUT2D eigenvalue weighted by Crippen LogP contribution is -2.29. The highest BCUT2D eigenvalue weighted by molar-refractivity contribution is 7.80. The summed E-state index contributed by atoms with van der Waals surface area (Å²) in [7, 11) is 0. The second-order valence-electron chi connectivity index (χ2n) is 4.66. The fraction of sp³-hybridized carbons (Fsp3) is 0.533. The molecular weight excluding hydrogens is 259 g/mol. The van der Waals surface area contributed by atoms with Crippen LogP contribution in [0.1, 0.15) is 45.4 Å². The quantitative estimate of drug-likeness (QED) is 0.543. The Morgan fingerprint density at radius 3 is 2.37 bits per heavy atom. The van der Waals surface area contributed by atoms with Crippen molar-refractivity contribution < 1.29 is 4.39 Å². The highest BCUT2D eigenvalue weighted by Crippen LogP contribution is 2.08. The molecule has 1 rings (SSSR count). The minimum atomic E-state index is -0.239. The van der Waals surface area contributed by atoms with Crippen molar-refractivity contribution in [2.75, 3.05) is 11.9 Å². The Kier molecular flexibility index (Phi) is 8.14. The molecule has 0 saturated heterocycles. The molecule has 0 spiro atoms. The summed E-state index contributed by atoms with van der Waals surface area (Å²) < 4.78 is 12.7. The fourth-order valence-corrected chi connectivity index (χ4v) is 2.04. The fourth-order valence-electron chi connectivity index (χ4n) is 1.82. The van der Waals surface area contributed by atoms with Crippen LogP contribution in [0, 0.1) is 5.82 Å². The Labute approximate surface area is 120 Å². The molecule has 0 aliphatic rings. The SMILES string of the molecule is CCCCCCCCNC(=S)Nc1ccc(F)cc1. The van der Waals surface area contributed by atoms with E-state index in [4.69, 9.17) is 12.2 Å². The van der Waals surface area contributed by atoms with Gasteiger partial charge in [-0.25, -0.2) is 4.39 Å². The molecule has 0 radical (unpaired) electrons. The summed E-state index contributed by atoms with van der Waals surface area (Å²) in [6.07, 6.45) is 7.62. The van der Waals surface area contributed by atoms with E-state index in [1.165, 1.54) is 44.2 Å². The van der Waals surface area contributed by atoms with Crippen molar-refractivity contribution in [3.05, 3.63) is 30.1 Å². The molecule has 0 bridgehead atoms. The lowest BCUT2D eigenvalue weighted by molar-refractivity contribution is 0.603. The average molecular weight is 282 g/mol. The van der Waals surface area contributed by atoms with E-state index >= 15 is 0 Å². The van der Waals surface area contributed by atoms with E-state index < -0.39 is 0 Å². The molecule has 0 amide bonds. The Bertz CT molecular complexity index is 365. The first-order valence-electron chi connectivity index (χ1n) is 7.03. The topological polar surface area (TPSA) is 24.1 Å². The van der Waals surface area contributed by atoms with E-state index in [0.29, 0.717) is 5.11 Å². The lowest BCUT2D eigenvalue weighted by Gasteiger charge is -2.10. The third kappa shape index (κ3) is 7.78. The molecule has 2 N–H and O–H groups in total. The molecule has 0 aliphatic heterocycles. The number of unbranched alkanes of at least 4 members (excludes halogenated alkanes) is 5. The Hall–Kier alpha value is -1.16. The molecule has 19 heavy (non-hydrogen) atoms. The van der Waals surface area contributed by atoms with Gasteiger partial charge in [-0.3, -0.25) is 0 Å². The van der Waals surface area contributed by atoms with Gasteiger partial charge in [0.1, 0.15) is 5.82 Å². The highest BCUT2D eigenvalue weighted by Gasteiger charge is 1.97. The third-order valence-corrected chi connectivity index (χ3v) is 3.16. The van der Waals surface area contributed by atoms with E-state index in [1.807, 2.05) is 0 Å². The summed E-state index contributed by atoms with van der Waals surface area (Å²) in [6, 6.07) is 6.18. The van der Waals surface area contributed by atoms with Gasteiger partial charge in [0.25, 0.3) is 0 Å². The molecule has 0 fully saturated rings. The first kappa shape index (κ1) is 15.9. The van der Waals surface area contributed by atoms with Gasteiger partial charge in [0.05, 0.1) is 0 Å². The Morgan fingerprint density at radius 1 is 1.05 bits per heavy atom. The number of anilines is 1. The van der Waals surface area contributed by atoms with Gasteiger partial charge in [-0.15, -0.1) is 0 Å². The number of halogens is 1. The standard InChI is InChI=1S/C15H23FN2S/c1-2-3-4-5-6-7-12-17-15(19)18-14-10-8-13(16)9-11-14/h8-11H,2-7,12H2,1H3,(H2,17,18,19). The van der Waals surface area contributed by atoms with Crippen LogP contribution in [0.25, 0.3) is 0 Å². The number of benzene rings is 1. The smallest absolute Gasteiger partial charge is 0.170 e. The maximum absolute atomic E-state index is 12.7. The summed E-state index contributed by atoms with van der Waals surface area (Å²) in [5.41, 5.74) is 0.807. The number of hydrogen-bond donors (Lipinski definition) is 2. The first-order chi connectivity index (χ1) is 9.22. The highest BCUT2D eigenvalue weighted by atomic mass is 32.1. The van der Waals surface area contributed by atoms with Crippen LogP contribution in [-0.2, 0) is 0 Å². The summed E-state index contributed by atoms with van der Waals surface area (Å²) in [5.74, 6) is -0.239. The zero-order chi connectivity index (χ0) is 13.9. The van der Waals surface area contributed by atoms with E-state index in [2.05, 4.69) is 17.6 Å². The Morgan fingerprint density at radius 2 is 1.68 bits per heavy atom. The van der Waals surface area contributed by atoms with Gasteiger partial charge in [-0.2, -0.15) is 0 Å². The van der Waals surface area contributed by atoms with Crippen LogP contribution in [-0.4, -0.2) is 11.7 Å². The first-order valence-corrected chi connectivity index (χ1v) is 7.43. The molecule has 106 valence electrons. The van der Waals surface area contributed by atoms with Gasteiger partial charge >= 0.3 is 0 Å². The van der Waals surface area contributed by atoms with Crippen LogP contribution in [0.4, 0.5) is 10.1 Å². The van der Waals surface area contributed by atoms with Gasteiger partial charge in [-0.1, -0.05) is 39.0 Å². The van der Waals surface area contributed by atoms with Gasteiger partial charge in [0, 0.05) is 12.2 Å². The van der Waals surface area contributed by atoms with Gasteiger partial charge in [0.15, 0.2) is 5.11 Å².